The summed E-state index contributed by atoms with van der Waals surface area (Å²) in [5, 5.41) is 3.25. The van der Waals surface area contributed by atoms with Crippen LogP contribution in [0, 0.1) is 19.7 Å². The molecule has 1 fully saturated rings. The number of nitrogens with zero attached hydrogens (tertiary/aromatic N) is 1. The molecule has 0 unspecified atom stereocenters. The first-order valence-corrected chi connectivity index (χ1v) is 11.4. The summed E-state index contributed by atoms with van der Waals surface area (Å²) < 4.78 is 19.3. The summed E-state index contributed by atoms with van der Waals surface area (Å²) in [5.74, 6) is -0.200. The Hall–Kier alpha value is -2.93. The van der Waals surface area contributed by atoms with Crippen LogP contribution in [0.2, 0.25) is 5.02 Å². The van der Waals surface area contributed by atoms with Gasteiger partial charge in [0, 0.05) is 49.5 Å². The van der Waals surface area contributed by atoms with Crippen molar-refractivity contribution in [2.45, 2.75) is 51.6 Å². The van der Waals surface area contributed by atoms with E-state index in [1.54, 1.807) is 4.90 Å². The van der Waals surface area contributed by atoms with Gasteiger partial charge in [0.05, 0.1) is 12.0 Å². The molecule has 0 aliphatic carbocycles. The zero-order chi connectivity index (χ0) is 23.8. The van der Waals surface area contributed by atoms with Crippen molar-refractivity contribution in [3.8, 4) is 5.75 Å². The third-order valence-corrected chi connectivity index (χ3v) is 7.04. The maximum atomic E-state index is 13.0. The fourth-order valence-corrected chi connectivity index (χ4v) is 4.73. The van der Waals surface area contributed by atoms with Gasteiger partial charge in [0.2, 0.25) is 11.8 Å². The van der Waals surface area contributed by atoms with E-state index in [9.17, 15) is 18.8 Å². The van der Waals surface area contributed by atoms with Crippen molar-refractivity contribution in [1.29, 1.82) is 0 Å². The third-order valence-electron chi connectivity index (χ3n) is 6.45. The van der Waals surface area contributed by atoms with E-state index in [0.29, 0.717) is 48.0 Å². The lowest BCUT2D eigenvalue weighted by Gasteiger charge is -2.44. The Morgan fingerprint density at radius 3 is 2.48 bits per heavy atom. The molecule has 8 heteroatoms. The van der Waals surface area contributed by atoms with Crippen LogP contribution in [0.1, 0.15) is 53.6 Å². The van der Waals surface area contributed by atoms with Gasteiger partial charge in [0.25, 0.3) is 0 Å². The minimum Gasteiger partial charge on any atom is -0.486 e. The molecule has 6 nitrogen and oxygen atoms in total. The van der Waals surface area contributed by atoms with Crippen LogP contribution in [0.4, 0.5) is 10.1 Å². The number of rotatable bonds is 4. The fourth-order valence-electron chi connectivity index (χ4n) is 4.58. The molecule has 0 radical (unpaired) electrons. The molecule has 0 saturated carbocycles. The van der Waals surface area contributed by atoms with Crippen LogP contribution < -0.4 is 10.1 Å². The van der Waals surface area contributed by atoms with Gasteiger partial charge in [-0.25, -0.2) is 4.39 Å². The van der Waals surface area contributed by atoms with Crippen molar-refractivity contribution >= 4 is 34.9 Å². The van der Waals surface area contributed by atoms with Gasteiger partial charge in [-0.3, -0.25) is 14.4 Å². The highest BCUT2D eigenvalue weighted by Crippen LogP contribution is 2.43. The van der Waals surface area contributed by atoms with E-state index in [1.165, 1.54) is 24.3 Å². The fraction of sp³-hybridized carbons (Fsp3) is 0.400. The number of nitrogens with one attached hydrogen (secondary N) is 1. The van der Waals surface area contributed by atoms with E-state index in [0.717, 1.165) is 11.1 Å². The number of Topliss-reactive ketones (excluding diaryl/α,β-unsaturated/α-hetero) is 1. The average Bonchev–Trinajstić information content (AvgIpc) is 2.77. The number of halogens is 2. The predicted molar refractivity (Wildman–Crippen MR) is 123 cm³/mol. The maximum absolute atomic E-state index is 13.0. The largest absolute Gasteiger partial charge is 0.486 e. The number of fused-ring (bicyclic) bond motifs is 1. The molecule has 1 spiro atoms. The average molecular weight is 473 g/mol. The van der Waals surface area contributed by atoms with Gasteiger partial charge in [-0.05, 0) is 55.3 Å². The van der Waals surface area contributed by atoms with Crippen molar-refractivity contribution in [3.05, 3.63) is 57.9 Å². The summed E-state index contributed by atoms with van der Waals surface area (Å²) >= 11 is 6.32. The van der Waals surface area contributed by atoms with Gasteiger partial charge in [0.15, 0.2) is 5.78 Å². The molecule has 2 amide bonds. The van der Waals surface area contributed by atoms with E-state index >= 15 is 0 Å². The van der Waals surface area contributed by atoms with Gasteiger partial charge in [-0.2, -0.15) is 0 Å². The lowest BCUT2D eigenvalue weighted by atomic mass is 9.81. The van der Waals surface area contributed by atoms with Crippen molar-refractivity contribution in [2.24, 2.45) is 0 Å². The molecular weight excluding hydrogens is 447 g/mol. The highest BCUT2D eigenvalue weighted by atomic mass is 35.5. The molecule has 4 rings (SSSR count). The number of anilines is 1. The number of ether oxygens (including phenoxy) is 1. The molecule has 174 valence electrons. The smallest absolute Gasteiger partial charge is 0.224 e. The Balaban J connectivity index is 1.32. The monoisotopic (exact) mass is 472 g/mol. The molecular formula is C25H26ClFN2O4. The predicted octanol–water partition coefficient (Wildman–Crippen LogP) is 4.84. The van der Waals surface area contributed by atoms with Crippen LogP contribution in [0.15, 0.2) is 30.3 Å². The molecule has 1 saturated heterocycles. The molecule has 0 atom stereocenters. The Bertz CT molecular complexity index is 1110. The second kappa shape index (κ2) is 9.14. The SMILES string of the molecule is Cc1cc2c(c(C)c1Cl)C(=O)CC1(CCN(C(=O)CCC(=O)Nc3ccc(F)cc3)CC1)O2. The summed E-state index contributed by atoms with van der Waals surface area (Å²) in [7, 11) is 0. The lowest BCUT2D eigenvalue weighted by molar-refractivity contribution is -0.136. The Morgan fingerprint density at radius 1 is 1.15 bits per heavy atom. The zero-order valence-electron chi connectivity index (χ0n) is 18.7. The zero-order valence-corrected chi connectivity index (χ0v) is 19.4. The highest BCUT2D eigenvalue weighted by molar-refractivity contribution is 6.32. The van der Waals surface area contributed by atoms with Gasteiger partial charge in [-0.1, -0.05) is 11.6 Å². The van der Waals surface area contributed by atoms with Crippen molar-refractivity contribution in [1.82, 2.24) is 4.90 Å². The standard InChI is InChI=1S/C25H26ClFN2O4/c1-15-13-20-23(16(2)24(15)26)19(30)14-25(33-20)9-11-29(12-10-25)22(32)8-7-21(31)28-18-5-3-17(27)4-6-18/h3-6,13H,7-12,14H2,1-2H3,(H,28,31). The number of amides is 2. The van der Waals surface area contributed by atoms with Crippen LogP contribution >= 0.6 is 11.6 Å². The van der Waals surface area contributed by atoms with Gasteiger partial charge < -0.3 is 15.0 Å². The van der Waals surface area contributed by atoms with Crippen molar-refractivity contribution < 1.29 is 23.5 Å². The molecule has 2 aliphatic heterocycles. The number of hydrogen-bond donors (Lipinski definition) is 1. The number of benzene rings is 2. The van der Waals surface area contributed by atoms with E-state index in [1.807, 2.05) is 19.9 Å². The van der Waals surface area contributed by atoms with E-state index in [-0.39, 0.29) is 42.7 Å². The van der Waals surface area contributed by atoms with Crippen LogP contribution in [-0.2, 0) is 9.59 Å². The number of piperidine rings is 1. The first kappa shape index (κ1) is 23.2. The molecule has 2 heterocycles. The number of likely N-dealkylation sites (tertiary alicyclic amines) is 1. The first-order valence-electron chi connectivity index (χ1n) is 11.0. The van der Waals surface area contributed by atoms with Crippen LogP contribution in [-0.4, -0.2) is 41.2 Å². The second-order valence-electron chi connectivity index (χ2n) is 8.83. The number of carbonyl (C=O) groups is 3. The Labute approximate surface area is 197 Å². The van der Waals surface area contributed by atoms with Crippen LogP contribution in [0.25, 0.3) is 0 Å². The topological polar surface area (TPSA) is 75.7 Å². The van der Waals surface area contributed by atoms with Gasteiger partial charge in [0.1, 0.15) is 17.2 Å². The van der Waals surface area contributed by atoms with E-state index in [4.69, 9.17) is 16.3 Å². The minimum atomic E-state index is -0.618. The normalized spacial score (nSPS) is 16.8. The van der Waals surface area contributed by atoms with E-state index in [2.05, 4.69) is 5.32 Å². The first-order chi connectivity index (χ1) is 15.7. The van der Waals surface area contributed by atoms with Crippen molar-refractivity contribution in [3.63, 3.8) is 0 Å². The number of hydrogen-bond acceptors (Lipinski definition) is 4. The maximum Gasteiger partial charge on any atom is 0.224 e. The highest BCUT2D eigenvalue weighted by Gasteiger charge is 2.44. The summed E-state index contributed by atoms with van der Waals surface area (Å²) in [5.41, 5.74) is 2.04. The van der Waals surface area contributed by atoms with Gasteiger partial charge in [-0.15, -0.1) is 0 Å². The van der Waals surface area contributed by atoms with Crippen LogP contribution in [0.5, 0.6) is 5.75 Å². The number of carbonyl (C=O) groups excluding carboxylic acids is 3. The summed E-state index contributed by atoms with van der Waals surface area (Å²) in [4.78, 5) is 39.4. The summed E-state index contributed by atoms with van der Waals surface area (Å²) in [6.45, 7) is 4.65. The molecule has 2 aromatic carbocycles. The second-order valence-corrected chi connectivity index (χ2v) is 9.20. The molecule has 0 bridgehead atoms. The van der Waals surface area contributed by atoms with Crippen LogP contribution in [0.3, 0.4) is 0 Å². The lowest BCUT2D eigenvalue weighted by Crippen LogP contribution is -2.52. The number of ketones is 1. The van der Waals surface area contributed by atoms with Crippen molar-refractivity contribution in [2.75, 3.05) is 18.4 Å². The molecule has 2 aromatic rings. The Kier molecular flexibility index (Phi) is 6.43. The molecule has 2 aliphatic rings. The molecule has 0 aromatic heterocycles. The minimum absolute atomic E-state index is 0.0212. The Morgan fingerprint density at radius 2 is 1.82 bits per heavy atom. The number of aryl methyl sites for hydroxylation is 1. The molecule has 1 N–H and O–H groups in total. The third kappa shape index (κ3) is 4.88. The quantitative estimate of drug-likeness (QED) is 0.690. The summed E-state index contributed by atoms with van der Waals surface area (Å²) in [6, 6.07) is 7.29. The molecule has 33 heavy (non-hydrogen) atoms. The van der Waals surface area contributed by atoms with E-state index < -0.39 is 5.60 Å². The van der Waals surface area contributed by atoms with Gasteiger partial charge >= 0.3 is 0 Å². The summed E-state index contributed by atoms with van der Waals surface area (Å²) in [6.07, 6.45) is 1.49.